The van der Waals surface area contributed by atoms with Gasteiger partial charge in [0.25, 0.3) is 5.91 Å². The highest BCUT2D eigenvalue weighted by Gasteiger charge is 2.14. The molecule has 0 aromatic heterocycles. The van der Waals surface area contributed by atoms with Gasteiger partial charge in [-0.2, -0.15) is 0 Å². The summed E-state index contributed by atoms with van der Waals surface area (Å²) >= 11 is 3.42. The lowest BCUT2D eigenvalue weighted by atomic mass is 9.87. The van der Waals surface area contributed by atoms with Gasteiger partial charge in [0.05, 0.1) is 0 Å². The van der Waals surface area contributed by atoms with Gasteiger partial charge < -0.3 is 5.32 Å². The molecule has 110 valence electrons. The number of benzene rings is 2. The molecule has 21 heavy (non-hydrogen) atoms. The Kier molecular flexibility index (Phi) is 4.52. The number of carbonyl (C=O) groups excluding carboxylic acids is 1. The van der Waals surface area contributed by atoms with Gasteiger partial charge in [-0.15, -0.1) is 0 Å². The van der Waals surface area contributed by atoms with Crippen LogP contribution in [0, 0.1) is 6.92 Å². The van der Waals surface area contributed by atoms with Gasteiger partial charge in [-0.1, -0.05) is 54.9 Å². The third kappa shape index (κ3) is 3.94. The number of rotatable bonds is 2. The van der Waals surface area contributed by atoms with Crippen LogP contribution >= 0.6 is 15.9 Å². The van der Waals surface area contributed by atoms with Crippen molar-refractivity contribution in [3.05, 3.63) is 63.6 Å². The van der Waals surface area contributed by atoms with E-state index in [0.717, 1.165) is 15.7 Å². The molecule has 0 aliphatic rings. The standard InChI is InChI=1S/C18H20BrNO/c1-12-5-10-15(19)11-16(12)20-17(21)13-6-8-14(9-7-13)18(2,3)4/h5-11H,1-4H3,(H,20,21). The summed E-state index contributed by atoms with van der Waals surface area (Å²) in [6.45, 7) is 8.46. The van der Waals surface area contributed by atoms with Crippen molar-refractivity contribution in [3.63, 3.8) is 0 Å². The minimum atomic E-state index is -0.0864. The molecule has 0 aliphatic heterocycles. The minimum absolute atomic E-state index is 0.0864. The molecule has 1 N–H and O–H groups in total. The van der Waals surface area contributed by atoms with E-state index in [-0.39, 0.29) is 11.3 Å². The Morgan fingerprint density at radius 3 is 2.24 bits per heavy atom. The second-order valence-electron chi connectivity index (χ2n) is 6.24. The molecule has 0 bridgehead atoms. The summed E-state index contributed by atoms with van der Waals surface area (Å²) in [7, 11) is 0. The van der Waals surface area contributed by atoms with Gasteiger partial charge >= 0.3 is 0 Å². The zero-order chi connectivity index (χ0) is 15.6. The summed E-state index contributed by atoms with van der Waals surface area (Å²) in [5.41, 5.74) is 3.85. The predicted octanol–water partition coefficient (Wildman–Crippen LogP) is 5.31. The van der Waals surface area contributed by atoms with E-state index in [0.29, 0.717) is 5.56 Å². The maximum Gasteiger partial charge on any atom is 0.255 e. The number of nitrogens with one attached hydrogen (secondary N) is 1. The van der Waals surface area contributed by atoms with Crippen LogP contribution in [0.15, 0.2) is 46.9 Å². The van der Waals surface area contributed by atoms with E-state index >= 15 is 0 Å². The van der Waals surface area contributed by atoms with Crippen LogP contribution in [0.4, 0.5) is 5.69 Å². The summed E-state index contributed by atoms with van der Waals surface area (Å²) in [6, 6.07) is 13.6. The third-order valence-electron chi connectivity index (χ3n) is 3.46. The topological polar surface area (TPSA) is 29.1 Å². The molecule has 2 nitrogen and oxygen atoms in total. The SMILES string of the molecule is Cc1ccc(Br)cc1NC(=O)c1ccc(C(C)(C)C)cc1. The first-order chi connectivity index (χ1) is 9.77. The molecule has 3 heteroatoms. The molecule has 0 radical (unpaired) electrons. The summed E-state index contributed by atoms with van der Waals surface area (Å²) in [6.07, 6.45) is 0. The molecule has 0 saturated carbocycles. The highest BCUT2D eigenvalue weighted by atomic mass is 79.9. The van der Waals surface area contributed by atoms with Gasteiger partial charge in [-0.25, -0.2) is 0 Å². The van der Waals surface area contributed by atoms with Gasteiger partial charge in [0, 0.05) is 15.7 Å². The van der Waals surface area contributed by atoms with Crippen LogP contribution in [0.25, 0.3) is 0 Å². The van der Waals surface area contributed by atoms with Crippen molar-refractivity contribution < 1.29 is 4.79 Å². The van der Waals surface area contributed by atoms with Crippen LogP contribution in [0.1, 0.15) is 42.3 Å². The number of halogens is 1. The summed E-state index contributed by atoms with van der Waals surface area (Å²) in [5, 5.41) is 2.96. The first-order valence-corrected chi connectivity index (χ1v) is 7.75. The molecule has 2 aromatic carbocycles. The fourth-order valence-corrected chi connectivity index (χ4v) is 2.41. The van der Waals surface area contributed by atoms with Gasteiger partial charge in [0.1, 0.15) is 0 Å². The quantitative estimate of drug-likeness (QED) is 0.785. The van der Waals surface area contributed by atoms with E-state index in [9.17, 15) is 4.79 Å². The Hall–Kier alpha value is -1.61. The Morgan fingerprint density at radius 1 is 1.05 bits per heavy atom. The fourth-order valence-electron chi connectivity index (χ4n) is 2.04. The van der Waals surface area contributed by atoms with Crippen molar-refractivity contribution >= 4 is 27.5 Å². The minimum Gasteiger partial charge on any atom is -0.322 e. The molecule has 1 amide bonds. The van der Waals surface area contributed by atoms with Crippen molar-refractivity contribution in [1.82, 2.24) is 0 Å². The number of anilines is 1. The van der Waals surface area contributed by atoms with Crippen molar-refractivity contribution in [1.29, 1.82) is 0 Å². The van der Waals surface area contributed by atoms with Crippen LogP contribution < -0.4 is 5.32 Å². The molecule has 0 fully saturated rings. The Labute approximate surface area is 134 Å². The van der Waals surface area contributed by atoms with E-state index in [1.165, 1.54) is 5.56 Å². The van der Waals surface area contributed by atoms with Crippen molar-refractivity contribution in [2.24, 2.45) is 0 Å². The lowest BCUT2D eigenvalue weighted by Crippen LogP contribution is -2.14. The Balaban J connectivity index is 2.19. The molecule has 0 spiro atoms. The van der Waals surface area contributed by atoms with Crippen LogP contribution in [-0.4, -0.2) is 5.91 Å². The summed E-state index contributed by atoms with van der Waals surface area (Å²) in [5.74, 6) is -0.0864. The van der Waals surface area contributed by atoms with E-state index in [1.807, 2.05) is 49.4 Å². The van der Waals surface area contributed by atoms with Crippen molar-refractivity contribution in [2.45, 2.75) is 33.1 Å². The number of hydrogen-bond donors (Lipinski definition) is 1. The zero-order valence-corrected chi connectivity index (χ0v) is 14.4. The number of amides is 1. The molecule has 0 aliphatic carbocycles. The second kappa shape index (κ2) is 6.02. The van der Waals surface area contributed by atoms with Gasteiger partial charge in [0.2, 0.25) is 0 Å². The average molecular weight is 346 g/mol. The van der Waals surface area contributed by atoms with Crippen LogP contribution in [0.3, 0.4) is 0 Å². The normalized spacial score (nSPS) is 11.3. The molecule has 0 unspecified atom stereocenters. The maximum atomic E-state index is 12.3. The lowest BCUT2D eigenvalue weighted by Gasteiger charge is -2.19. The van der Waals surface area contributed by atoms with Gasteiger partial charge in [-0.3, -0.25) is 4.79 Å². The number of carbonyl (C=O) groups is 1. The predicted molar refractivity (Wildman–Crippen MR) is 92.0 cm³/mol. The molecule has 0 heterocycles. The first-order valence-electron chi connectivity index (χ1n) is 6.95. The Morgan fingerprint density at radius 2 is 1.67 bits per heavy atom. The zero-order valence-electron chi connectivity index (χ0n) is 12.8. The second-order valence-corrected chi connectivity index (χ2v) is 7.16. The molecule has 2 rings (SSSR count). The van der Waals surface area contributed by atoms with E-state index < -0.39 is 0 Å². The van der Waals surface area contributed by atoms with Crippen molar-refractivity contribution in [3.8, 4) is 0 Å². The van der Waals surface area contributed by atoms with Crippen LogP contribution in [0.5, 0.6) is 0 Å². The largest absolute Gasteiger partial charge is 0.322 e. The highest BCUT2D eigenvalue weighted by molar-refractivity contribution is 9.10. The number of aryl methyl sites for hydroxylation is 1. The molecule has 2 aromatic rings. The molecule has 0 saturated heterocycles. The van der Waals surface area contributed by atoms with Crippen LogP contribution in [-0.2, 0) is 5.41 Å². The van der Waals surface area contributed by atoms with E-state index in [1.54, 1.807) is 0 Å². The average Bonchev–Trinajstić information content (AvgIpc) is 2.42. The monoisotopic (exact) mass is 345 g/mol. The van der Waals surface area contributed by atoms with Gasteiger partial charge in [0.15, 0.2) is 0 Å². The summed E-state index contributed by atoms with van der Waals surface area (Å²) in [4.78, 5) is 12.3. The lowest BCUT2D eigenvalue weighted by molar-refractivity contribution is 0.102. The summed E-state index contributed by atoms with van der Waals surface area (Å²) < 4.78 is 0.950. The molecular formula is C18H20BrNO. The Bertz CT molecular complexity index is 654. The smallest absolute Gasteiger partial charge is 0.255 e. The maximum absolute atomic E-state index is 12.3. The third-order valence-corrected chi connectivity index (χ3v) is 3.95. The highest BCUT2D eigenvalue weighted by Crippen LogP contribution is 2.24. The van der Waals surface area contributed by atoms with Crippen LogP contribution in [0.2, 0.25) is 0 Å². The molecular weight excluding hydrogens is 326 g/mol. The fraction of sp³-hybridized carbons (Fsp3) is 0.278. The van der Waals surface area contributed by atoms with Crippen molar-refractivity contribution in [2.75, 3.05) is 5.32 Å². The molecule has 0 atom stereocenters. The van der Waals surface area contributed by atoms with E-state index in [2.05, 4.69) is 42.0 Å². The van der Waals surface area contributed by atoms with Gasteiger partial charge in [-0.05, 0) is 47.7 Å². The first kappa shape index (κ1) is 15.8. The van der Waals surface area contributed by atoms with E-state index in [4.69, 9.17) is 0 Å². The number of hydrogen-bond acceptors (Lipinski definition) is 1.